The predicted octanol–water partition coefficient (Wildman–Crippen LogP) is -0.982. The van der Waals surface area contributed by atoms with E-state index in [-0.39, 0.29) is 5.91 Å². The zero-order valence-electron chi connectivity index (χ0n) is 6.11. The molecule has 5 nitrogen and oxygen atoms in total. The smallest absolute Gasteiger partial charge is 0.266 e. The van der Waals surface area contributed by atoms with Gasteiger partial charge in [0.15, 0.2) is 6.67 Å². The molecule has 0 aromatic carbocycles. The third-order valence-corrected chi connectivity index (χ3v) is 0.846. The lowest BCUT2D eigenvalue weighted by Gasteiger charge is -2.04. The minimum absolute atomic E-state index is 0.288. The van der Waals surface area contributed by atoms with Crippen LogP contribution in [-0.2, 0) is 9.59 Å². The maximum Gasteiger partial charge on any atom is 0.266 e. The molecule has 6 heteroatoms. The van der Waals surface area contributed by atoms with E-state index in [9.17, 15) is 14.0 Å². The van der Waals surface area contributed by atoms with Crippen LogP contribution in [0, 0.1) is 0 Å². The topological polar surface area (TPSA) is 70.2 Å². The van der Waals surface area contributed by atoms with Crippen molar-refractivity contribution < 1.29 is 14.0 Å². The summed E-state index contributed by atoms with van der Waals surface area (Å²) >= 11 is 0. The summed E-state index contributed by atoms with van der Waals surface area (Å²) in [6.07, 6.45) is 0.290. The van der Waals surface area contributed by atoms with Gasteiger partial charge in [-0.15, -0.1) is 5.53 Å². The van der Waals surface area contributed by atoms with E-state index in [2.05, 4.69) is 5.43 Å². The van der Waals surface area contributed by atoms with E-state index in [4.69, 9.17) is 0 Å². The standard InChI is InChI=1S/C5H10FN3O2/c1-2-4(10)7-9-8-5(11)3-6/h9H,2-3H2,1H3,(H,7,10)(H,8,11). The second-order valence-electron chi connectivity index (χ2n) is 1.71. The van der Waals surface area contributed by atoms with Gasteiger partial charge in [0.2, 0.25) is 5.91 Å². The van der Waals surface area contributed by atoms with Crippen LogP contribution in [0.1, 0.15) is 13.3 Å². The van der Waals surface area contributed by atoms with Crippen molar-refractivity contribution in [1.29, 1.82) is 0 Å². The fraction of sp³-hybridized carbons (Fsp3) is 0.600. The van der Waals surface area contributed by atoms with Crippen molar-refractivity contribution in [2.75, 3.05) is 6.67 Å². The van der Waals surface area contributed by atoms with Gasteiger partial charge in [-0.25, -0.2) is 4.39 Å². The molecule has 0 radical (unpaired) electrons. The van der Waals surface area contributed by atoms with Crippen molar-refractivity contribution in [3.8, 4) is 0 Å². The number of amides is 2. The second-order valence-corrected chi connectivity index (χ2v) is 1.71. The fourth-order valence-corrected chi connectivity index (χ4v) is 0.292. The van der Waals surface area contributed by atoms with E-state index < -0.39 is 12.6 Å². The highest BCUT2D eigenvalue weighted by atomic mass is 19.1. The van der Waals surface area contributed by atoms with Crippen LogP contribution in [0.15, 0.2) is 0 Å². The lowest BCUT2D eigenvalue weighted by Crippen LogP contribution is -2.49. The molecule has 0 aliphatic rings. The molecule has 64 valence electrons. The predicted molar refractivity (Wildman–Crippen MR) is 35.7 cm³/mol. The van der Waals surface area contributed by atoms with Crippen LogP contribution in [-0.4, -0.2) is 18.5 Å². The summed E-state index contributed by atoms with van der Waals surface area (Å²) in [6.45, 7) is 0.531. The molecule has 11 heavy (non-hydrogen) atoms. The molecular weight excluding hydrogens is 153 g/mol. The molecule has 0 aliphatic carbocycles. The van der Waals surface area contributed by atoms with E-state index in [1.165, 1.54) is 0 Å². The third-order valence-electron chi connectivity index (χ3n) is 0.846. The van der Waals surface area contributed by atoms with Gasteiger partial charge in [0.05, 0.1) is 0 Å². The minimum Gasteiger partial charge on any atom is -0.274 e. The molecule has 0 bridgehead atoms. The average molecular weight is 163 g/mol. The van der Waals surface area contributed by atoms with Gasteiger partial charge in [-0.1, -0.05) is 6.92 Å². The normalized spacial score (nSPS) is 8.91. The Morgan fingerprint density at radius 2 is 1.82 bits per heavy atom. The maximum atomic E-state index is 11.4. The molecule has 0 fully saturated rings. The molecule has 0 atom stereocenters. The molecule has 0 saturated carbocycles. The van der Waals surface area contributed by atoms with Crippen LogP contribution < -0.4 is 16.4 Å². The summed E-state index contributed by atoms with van der Waals surface area (Å²) in [5, 5.41) is 0. The summed E-state index contributed by atoms with van der Waals surface area (Å²) in [4.78, 5) is 20.6. The summed E-state index contributed by atoms with van der Waals surface area (Å²) < 4.78 is 11.4. The lowest BCUT2D eigenvalue weighted by molar-refractivity contribution is -0.125. The number of rotatable bonds is 4. The SMILES string of the molecule is CCC(=O)NNNC(=O)CF. The Kier molecular flexibility index (Phi) is 5.01. The van der Waals surface area contributed by atoms with Crippen molar-refractivity contribution in [3.05, 3.63) is 0 Å². The summed E-state index contributed by atoms with van der Waals surface area (Å²) in [6, 6.07) is 0. The first kappa shape index (κ1) is 9.83. The number of nitrogens with one attached hydrogen (secondary N) is 3. The van der Waals surface area contributed by atoms with Crippen LogP contribution in [0.25, 0.3) is 0 Å². The first-order valence-corrected chi connectivity index (χ1v) is 3.09. The molecule has 0 aliphatic heterocycles. The molecule has 0 saturated heterocycles. The molecule has 0 aromatic heterocycles. The first-order valence-electron chi connectivity index (χ1n) is 3.09. The molecule has 0 rings (SSSR count). The number of hydrogen-bond donors (Lipinski definition) is 3. The van der Waals surface area contributed by atoms with Gasteiger partial charge < -0.3 is 0 Å². The maximum absolute atomic E-state index is 11.4. The van der Waals surface area contributed by atoms with Crippen LogP contribution >= 0.6 is 0 Å². The van der Waals surface area contributed by atoms with Crippen LogP contribution in [0.2, 0.25) is 0 Å². The molecule has 2 amide bonds. The zero-order chi connectivity index (χ0) is 8.69. The highest BCUT2D eigenvalue weighted by Crippen LogP contribution is 1.69. The summed E-state index contributed by atoms with van der Waals surface area (Å²) in [5.41, 5.74) is 6.06. The fourth-order valence-electron chi connectivity index (χ4n) is 0.292. The number of hydrazine groups is 2. The van der Waals surface area contributed by atoms with Crippen molar-refractivity contribution in [2.24, 2.45) is 0 Å². The van der Waals surface area contributed by atoms with Crippen LogP contribution in [0.5, 0.6) is 0 Å². The lowest BCUT2D eigenvalue weighted by atomic mass is 10.5. The summed E-state index contributed by atoms with van der Waals surface area (Å²) in [5.74, 6) is -1.12. The molecule has 0 heterocycles. The van der Waals surface area contributed by atoms with Crippen LogP contribution in [0.3, 0.4) is 0 Å². The van der Waals surface area contributed by atoms with E-state index in [0.29, 0.717) is 6.42 Å². The Bertz CT molecular complexity index is 135. The average Bonchev–Trinajstić information content (AvgIpc) is 2.04. The van der Waals surface area contributed by atoms with Crippen LogP contribution in [0.4, 0.5) is 4.39 Å². The van der Waals surface area contributed by atoms with E-state index in [1.807, 2.05) is 11.0 Å². The van der Waals surface area contributed by atoms with E-state index >= 15 is 0 Å². The monoisotopic (exact) mass is 163 g/mol. The Morgan fingerprint density at radius 3 is 2.27 bits per heavy atom. The first-order chi connectivity index (χ1) is 5.20. The van der Waals surface area contributed by atoms with Gasteiger partial charge in [0.25, 0.3) is 5.91 Å². The molecule has 0 unspecified atom stereocenters. The number of alkyl halides is 1. The summed E-state index contributed by atoms with van der Waals surface area (Å²) in [7, 11) is 0. The van der Waals surface area contributed by atoms with Gasteiger partial charge in [-0.05, 0) is 0 Å². The van der Waals surface area contributed by atoms with Gasteiger partial charge in [-0.2, -0.15) is 0 Å². The quantitative estimate of drug-likeness (QED) is 0.466. The van der Waals surface area contributed by atoms with Gasteiger partial charge in [-0.3, -0.25) is 20.4 Å². The number of carbonyl (C=O) groups excluding carboxylic acids is 2. The molecular formula is C5H10FN3O2. The largest absolute Gasteiger partial charge is 0.274 e. The van der Waals surface area contributed by atoms with Crippen molar-refractivity contribution in [2.45, 2.75) is 13.3 Å². The molecule has 3 N–H and O–H groups in total. The van der Waals surface area contributed by atoms with E-state index in [0.717, 1.165) is 0 Å². The van der Waals surface area contributed by atoms with E-state index in [1.54, 1.807) is 6.92 Å². The van der Waals surface area contributed by atoms with Crippen molar-refractivity contribution >= 4 is 11.8 Å². The zero-order valence-corrected chi connectivity index (χ0v) is 6.11. The number of halogens is 1. The van der Waals surface area contributed by atoms with Gasteiger partial charge >= 0.3 is 0 Å². The minimum atomic E-state index is -1.12. The molecule has 0 aromatic rings. The van der Waals surface area contributed by atoms with Crippen molar-refractivity contribution in [3.63, 3.8) is 0 Å². The second kappa shape index (κ2) is 5.60. The van der Waals surface area contributed by atoms with Gasteiger partial charge in [0.1, 0.15) is 0 Å². The molecule has 0 spiro atoms. The van der Waals surface area contributed by atoms with Crippen molar-refractivity contribution in [1.82, 2.24) is 16.4 Å². The Hall–Kier alpha value is -1.17. The number of carbonyl (C=O) groups is 2. The number of hydrogen-bond acceptors (Lipinski definition) is 3. The van der Waals surface area contributed by atoms with Gasteiger partial charge in [0, 0.05) is 6.42 Å². The Morgan fingerprint density at radius 1 is 1.27 bits per heavy atom. The highest BCUT2D eigenvalue weighted by molar-refractivity contribution is 5.77. The third kappa shape index (κ3) is 5.28. The Balaban J connectivity index is 3.27. The Labute approximate surface area is 63.3 Å². The highest BCUT2D eigenvalue weighted by Gasteiger charge is 1.97.